The monoisotopic (exact) mass is 391 g/mol. The van der Waals surface area contributed by atoms with Crippen LogP contribution in [0.2, 0.25) is 0 Å². The summed E-state index contributed by atoms with van der Waals surface area (Å²) in [5.74, 6) is 0.141. The van der Waals surface area contributed by atoms with Gasteiger partial charge in [-0.05, 0) is 55.0 Å². The number of aliphatic hydroxyl groups is 1. The summed E-state index contributed by atoms with van der Waals surface area (Å²) in [7, 11) is 0. The number of amides is 1. The minimum absolute atomic E-state index is 0.0280. The largest absolute Gasteiger partial charge is 0.395 e. The zero-order valence-electron chi connectivity index (χ0n) is 16.9. The molecule has 1 aliphatic heterocycles. The molecule has 4 rings (SSSR count). The summed E-state index contributed by atoms with van der Waals surface area (Å²) in [6, 6.07) is 14.3. The molecule has 1 aliphatic carbocycles. The van der Waals surface area contributed by atoms with Crippen LogP contribution in [0.25, 0.3) is 5.57 Å². The Hall–Kier alpha value is -2.50. The second kappa shape index (κ2) is 8.89. The van der Waals surface area contributed by atoms with Gasteiger partial charge in [0, 0.05) is 37.3 Å². The van der Waals surface area contributed by atoms with Crippen molar-refractivity contribution in [1.29, 1.82) is 0 Å². The Balaban J connectivity index is 1.48. The third-order valence-electron chi connectivity index (χ3n) is 6.17. The fraction of sp³-hybridized carbons (Fsp3) is 0.417. The van der Waals surface area contributed by atoms with Crippen LogP contribution in [0.5, 0.6) is 0 Å². The van der Waals surface area contributed by atoms with E-state index in [9.17, 15) is 9.90 Å². The van der Waals surface area contributed by atoms with Crippen molar-refractivity contribution in [1.82, 2.24) is 15.2 Å². The zero-order chi connectivity index (χ0) is 20.2. The smallest absolute Gasteiger partial charge is 0.272 e. The van der Waals surface area contributed by atoms with Crippen molar-refractivity contribution < 1.29 is 9.90 Å². The van der Waals surface area contributed by atoms with Gasteiger partial charge >= 0.3 is 0 Å². The highest BCUT2D eigenvalue weighted by Crippen LogP contribution is 2.34. The van der Waals surface area contributed by atoms with E-state index >= 15 is 0 Å². The number of hydrogen-bond acceptors (Lipinski definition) is 4. The van der Waals surface area contributed by atoms with Gasteiger partial charge in [0.05, 0.1) is 6.61 Å². The molecule has 29 heavy (non-hydrogen) atoms. The number of nitrogens with zero attached hydrogens (tertiary/aromatic N) is 2. The molecule has 3 atom stereocenters. The van der Waals surface area contributed by atoms with E-state index in [1.807, 2.05) is 24.0 Å². The lowest BCUT2D eigenvalue weighted by molar-refractivity contribution is 0.0636. The van der Waals surface area contributed by atoms with Gasteiger partial charge in [-0.15, -0.1) is 0 Å². The van der Waals surface area contributed by atoms with E-state index < -0.39 is 0 Å². The van der Waals surface area contributed by atoms with E-state index in [4.69, 9.17) is 0 Å². The molecule has 0 bridgehead atoms. The van der Waals surface area contributed by atoms with E-state index in [1.54, 1.807) is 12.3 Å². The predicted molar refractivity (Wildman–Crippen MR) is 115 cm³/mol. The molecule has 1 aromatic heterocycles. The van der Waals surface area contributed by atoms with Crippen molar-refractivity contribution >= 4 is 11.5 Å². The van der Waals surface area contributed by atoms with Gasteiger partial charge in [-0.1, -0.05) is 36.4 Å². The van der Waals surface area contributed by atoms with E-state index in [1.165, 1.54) is 29.5 Å². The molecule has 2 aromatic rings. The van der Waals surface area contributed by atoms with Crippen LogP contribution in [-0.2, 0) is 0 Å². The standard InChI is InChI=1S/C24H29N3O2/c1-2-27(24(29)20-9-5-6-14-25-20)15-21-23(22(16-28)26-21)19-12-10-18(11-13-19)17-7-3-4-8-17/h5-7,9-14,21-23,26,28H,2-4,8,15-16H2,1H3/t21-,22-,23-/m1/s1. The average Bonchev–Trinajstić information content (AvgIpc) is 3.29. The van der Waals surface area contributed by atoms with Gasteiger partial charge in [-0.25, -0.2) is 0 Å². The summed E-state index contributed by atoms with van der Waals surface area (Å²) < 4.78 is 0. The van der Waals surface area contributed by atoms with Crippen molar-refractivity contribution in [2.24, 2.45) is 0 Å². The highest BCUT2D eigenvalue weighted by Gasteiger charge is 2.42. The normalized spacial score (nSPS) is 23.4. The van der Waals surface area contributed by atoms with Gasteiger partial charge < -0.3 is 15.3 Å². The van der Waals surface area contributed by atoms with Crippen molar-refractivity contribution in [2.45, 2.75) is 44.2 Å². The zero-order valence-corrected chi connectivity index (χ0v) is 16.9. The highest BCUT2D eigenvalue weighted by molar-refractivity contribution is 5.92. The van der Waals surface area contributed by atoms with E-state index in [2.05, 4.69) is 40.6 Å². The number of rotatable bonds is 7. The minimum atomic E-state index is -0.0513. The second-order valence-corrected chi connectivity index (χ2v) is 7.89. The lowest BCUT2D eigenvalue weighted by Crippen LogP contribution is -2.65. The number of likely N-dealkylation sites (N-methyl/N-ethyl adjacent to an activating group) is 1. The quantitative estimate of drug-likeness (QED) is 0.761. The Bertz CT molecular complexity index is 863. The molecule has 1 fully saturated rings. The van der Waals surface area contributed by atoms with E-state index in [-0.39, 0.29) is 30.5 Å². The Morgan fingerprint density at radius 3 is 2.66 bits per heavy atom. The third-order valence-corrected chi connectivity index (χ3v) is 6.17. The lowest BCUT2D eigenvalue weighted by Gasteiger charge is -2.47. The molecule has 0 saturated carbocycles. The molecule has 0 unspecified atom stereocenters. The number of hydrogen-bond donors (Lipinski definition) is 2. The van der Waals surface area contributed by atoms with Crippen LogP contribution in [0.3, 0.4) is 0 Å². The number of nitrogens with one attached hydrogen (secondary N) is 1. The van der Waals surface area contributed by atoms with Crippen LogP contribution in [0.1, 0.15) is 53.7 Å². The van der Waals surface area contributed by atoms with E-state index in [0.717, 1.165) is 6.42 Å². The van der Waals surface area contributed by atoms with Crippen LogP contribution in [0.15, 0.2) is 54.7 Å². The van der Waals surface area contributed by atoms with Crippen molar-refractivity contribution in [3.8, 4) is 0 Å². The van der Waals surface area contributed by atoms with Crippen molar-refractivity contribution in [2.75, 3.05) is 19.7 Å². The molecule has 2 N–H and O–H groups in total. The molecular weight excluding hydrogens is 362 g/mol. The molecule has 2 aliphatic rings. The first-order valence-corrected chi connectivity index (χ1v) is 10.6. The maximum Gasteiger partial charge on any atom is 0.272 e. The van der Waals surface area contributed by atoms with Gasteiger partial charge in [-0.2, -0.15) is 0 Å². The van der Waals surface area contributed by atoms with Crippen LogP contribution in [0.4, 0.5) is 0 Å². The number of aliphatic hydroxyl groups excluding tert-OH is 1. The van der Waals surface area contributed by atoms with Crippen LogP contribution in [-0.4, -0.2) is 52.7 Å². The SMILES string of the molecule is CCN(C[C@H]1N[C@H](CO)[C@@H]1c1ccc(C2=CCCC2)cc1)C(=O)c1ccccn1. The van der Waals surface area contributed by atoms with Crippen molar-refractivity contribution in [3.05, 3.63) is 71.6 Å². The Morgan fingerprint density at radius 2 is 2.03 bits per heavy atom. The fourth-order valence-electron chi connectivity index (χ4n) is 4.54. The van der Waals surface area contributed by atoms with Crippen molar-refractivity contribution in [3.63, 3.8) is 0 Å². The Kier molecular flexibility index (Phi) is 6.07. The average molecular weight is 392 g/mol. The number of carbonyl (C=O) groups is 1. The van der Waals surface area contributed by atoms with Crippen LogP contribution < -0.4 is 5.32 Å². The van der Waals surface area contributed by atoms with Gasteiger partial charge in [0.2, 0.25) is 0 Å². The summed E-state index contributed by atoms with van der Waals surface area (Å²) >= 11 is 0. The number of carbonyl (C=O) groups excluding carboxylic acids is 1. The topological polar surface area (TPSA) is 65.5 Å². The summed E-state index contributed by atoms with van der Waals surface area (Å²) in [5.41, 5.74) is 4.43. The maximum atomic E-state index is 12.8. The Morgan fingerprint density at radius 1 is 1.21 bits per heavy atom. The molecule has 1 amide bonds. The van der Waals surface area contributed by atoms with Gasteiger partial charge in [0.1, 0.15) is 5.69 Å². The summed E-state index contributed by atoms with van der Waals surface area (Å²) in [4.78, 5) is 18.8. The minimum Gasteiger partial charge on any atom is -0.395 e. The molecule has 1 saturated heterocycles. The summed E-state index contributed by atoms with van der Waals surface area (Å²) in [6.07, 6.45) is 7.56. The van der Waals surface area contributed by atoms with Gasteiger partial charge in [-0.3, -0.25) is 9.78 Å². The number of allylic oxidation sites excluding steroid dienone is 2. The fourth-order valence-corrected chi connectivity index (χ4v) is 4.54. The van der Waals surface area contributed by atoms with Gasteiger partial charge in [0.25, 0.3) is 5.91 Å². The first-order chi connectivity index (χ1) is 14.2. The number of pyridine rings is 1. The molecule has 0 radical (unpaired) electrons. The first-order valence-electron chi connectivity index (χ1n) is 10.6. The summed E-state index contributed by atoms with van der Waals surface area (Å²) in [5, 5.41) is 13.2. The first kappa shape index (κ1) is 19.8. The Labute approximate surface area is 172 Å². The number of benzene rings is 1. The van der Waals surface area contributed by atoms with Gasteiger partial charge in [0.15, 0.2) is 0 Å². The molecule has 0 spiro atoms. The molecule has 5 heteroatoms. The molecule has 2 heterocycles. The molecule has 1 aromatic carbocycles. The third kappa shape index (κ3) is 4.11. The number of aromatic nitrogens is 1. The maximum absolute atomic E-state index is 12.8. The molecular formula is C24H29N3O2. The predicted octanol–water partition coefficient (Wildman–Crippen LogP) is 3.23. The molecule has 5 nitrogen and oxygen atoms in total. The lowest BCUT2D eigenvalue weighted by atomic mass is 9.77. The summed E-state index contributed by atoms with van der Waals surface area (Å²) in [6.45, 7) is 3.30. The highest BCUT2D eigenvalue weighted by atomic mass is 16.3. The van der Waals surface area contributed by atoms with Crippen LogP contribution >= 0.6 is 0 Å². The molecule has 152 valence electrons. The van der Waals surface area contributed by atoms with E-state index in [0.29, 0.717) is 18.8 Å². The van der Waals surface area contributed by atoms with Crippen LogP contribution in [0, 0.1) is 0 Å². The second-order valence-electron chi connectivity index (χ2n) is 7.89.